The smallest absolute Gasteiger partial charge is 0.251 e. The van der Waals surface area contributed by atoms with Gasteiger partial charge >= 0.3 is 0 Å². The molecular weight excluding hydrogens is 448 g/mol. The molecule has 1 aliphatic heterocycles. The van der Waals surface area contributed by atoms with Crippen LogP contribution in [0.3, 0.4) is 0 Å². The Balaban J connectivity index is 1.58. The first kappa shape index (κ1) is 22.6. The number of hydrogen-bond acceptors (Lipinski definition) is 6. The highest BCUT2D eigenvalue weighted by Gasteiger charge is 2.32. The van der Waals surface area contributed by atoms with Crippen molar-refractivity contribution in [2.45, 2.75) is 44.2 Å². The lowest BCUT2D eigenvalue weighted by Gasteiger charge is -2.24. The zero-order valence-corrected chi connectivity index (χ0v) is 19.7. The lowest BCUT2D eigenvalue weighted by Crippen LogP contribution is -2.36. The van der Waals surface area contributed by atoms with E-state index in [0.717, 1.165) is 28.1 Å². The summed E-state index contributed by atoms with van der Waals surface area (Å²) < 4.78 is 29.2. The topological polar surface area (TPSA) is 92.6 Å². The number of hydrogen-bond donors (Lipinski definition) is 0. The van der Waals surface area contributed by atoms with E-state index in [1.165, 1.54) is 27.2 Å². The maximum absolute atomic E-state index is 13.2. The molecule has 0 N–H and O–H groups in total. The SMILES string of the molecule is CCN(CC)S(=O)(=O)c1ccc(=O)n(CC(=O)N2CCC[C@H]2c2nc3ccccc3s2)c1. The predicted molar refractivity (Wildman–Crippen MR) is 124 cm³/mol. The largest absolute Gasteiger partial charge is 0.332 e. The highest BCUT2D eigenvalue weighted by atomic mass is 32.2. The number of nitrogens with zero attached hydrogens (tertiary/aromatic N) is 4. The van der Waals surface area contributed by atoms with E-state index in [0.29, 0.717) is 19.6 Å². The first-order valence-electron chi connectivity index (χ1n) is 10.7. The molecule has 0 spiro atoms. The van der Waals surface area contributed by atoms with Crippen molar-refractivity contribution in [3.63, 3.8) is 0 Å². The van der Waals surface area contributed by atoms with Crippen LogP contribution in [0.1, 0.15) is 37.7 Å². The summed E-state index contributed by atoms with van der Waals surface area (Å²) in [6.07, 6.45) is 2.95. The van der Waals surface area contributed by atoms with E-state index in [-0.39, 0.29) is 23.4 Å². The monoisotopic (exact) mass is 474 g/mol. The zero-order chi connectivity index (χ0) is 22.9. The summed E-state index contributed by atoms with van der Waals surface area (Å²) in [5.41, 5.74) is 0.505. The molecule has 1 amide bonds. The Bertz CT molecular complexity index is 1260. The molecule has 1 atom stereocenters. The third kappa shape index (κ3) is 4.22. The molecule has 2 aromatic heterocycles. The number of carbonyl (C=O) groups excluding carboxylic acids is 1. The van der Waals surface area contributed by atoms with Crippen LogP contribution in [0.2, 0.25) is 0 Å². The Morgan fingerprint density at radius 2 is 1.94 bits per heavy atom. The lowest BCUT2D eigenvalue weighted by atomic mass is 10.2. The summed E-state index contributed by atoms with van der Waals surface area (Å²) in [4.78, 5) is 32.0. The van der Waals surface area contributed by atoms with Gasteiger partial charge in [-0.25, -0.2) is 13.4 Å². The highest BCUT2D eigenvalue weighted by molar-refractivity contribution is 7.89. The molecule has 0 aliphatic carbocycles. The van der Waals surface area contributed by atoms with Gasteiger partial charge < -0.3 is 9.47 Å². The standard InChI is InChI=1S/C22H26N4O4S2/c1-3-25(4-2)32(29,30)16-11-12-20(27)24(14-16)15-21(28)26-13-7-9-18(26)22-23-17-8-5-6-10-19(17)31-22/h5-6,8,10-12,14,18H,3-4,7,9,13,15H2,1-2H3/t18-/m0/s1. The maximum Gasteiger partial charge on any atom is 0.251 e. The van der Waals surface area contributed by atoms with Crippen LogP contribution >= 0.6 is 11.3 Å². The summed E-state index contributed by atoms with van der Waals surface area (Å²) >= 11 is 1.58. The summed E-state index contributed by atoms with van der Waals surface area (Å²) in [5.74, 6) is -0.216. The van der Waals surface area contributed by atoms with E-state index >= 15 is 0 Å². The van der Waals surface area contributed by atoms with Crippen LogP contribution < -0.4 is 5.56 Å². The van der Waals surface area contributed by atoms with E-state index in [9.17, 15) is 18.0 Å². The fourth-order valence-electron chi connectivity index (χ4n) is 4.09. The molecule has 1 aliphatic rings. The van der Waals surface area contributed by atoms with Gasteiger partial charge in [-0.2, -0.15) is 4.31 Å². The normalized spacial score (nSPS) is 16.8. The molecule has 3 aromatic rings. The van der Waals surface area contributed by atoms with Crippen LogP contribution in [0, 0.1) is 0 Å². The number of benzene rings is 1. The molecule has 1 aromatic carbocycles. The molecule has 8 nitrogen and oxygen atoms in total. The number of thiazole rings is 1. The summed E-state index contributed by atoms with van der Waals surface area (Å²) in [7, 11) is -3.72. The molecule has 170 valence electrons. The molecule has 32 heavy (non-hydrogen) atoms. The first-order valence-corrected chi connectivity index (χ1v) is 13.0. The molecule has 0 saturated carbocycles. The summed E-state index contributed by atoms with van der Waals surface area (Å²) in [5, 5.41) is 0.891. The van der Waals surface area contributed by atoms with E-state index in [1.54, 1.807) is 30.1 Å². The Hall–Kier alpha value is -2.56. The van der Waals surface area contributed by atoms with Crippen LogP contribution in [0.4, 0.5) is 0 Å². The van der Waals surface area contributed by atoms with Crippen molar-refractivity contribution in [2.75, 3.05) is 19.6 Å². The average Bonchev–Trinajstić information content (AvgIpc) is 3.42. The molecule has 1 saturated heterocycles. The van der Waals surface area contributed by atoms with E-state index in [2.05, 4.69) is 0 Å². The quantitative estimate of drug-likeness (QED) is 0.525. The number of fused-ring (bicyclic) bond motifs is 1. The number of rotatable bonds is 7. The molecule has 3 heterocycles. The van der Waals surface area contributed by atoms with Crippen LogP contribution in [0.5, 0.6) is 0 Å². The lowest BCUT2D eigenvalue weighted by molar-refractivity contribution is -0.132. The number of sulfonamides is 1. The van der Waals surface area contributed by atoms with Crippen LogP contribution in [-0.4, -0.2) is 52.7 Å². The van der Waals surface area contributed by atoms with Crippen molar-refractivity contribution >= 4 is 37.5 Å². The number of para-hydroxylation sites is 1. The summed E-state index contributed by atoms with van der Waals surface area (Å²) in [6.45, 7) is 4.56. The number of carbonyl (C=O) groups is 1. The second-order valence-corrected chi connectivity index (χ2v) is 10.7. The van der Waals surface area contributed by atoms with Crippen LogP contribution in [-0.2, 0) is 21.4 Å². The molecule has 0 radical (unpaired) electrons. The highest BCUT2D eigenvalue weighted by Crippen LogP contribution is 2.36. The Kier molecular flexibility index (Phi) is 6.45. The van der Waals surface area contributed by atoms with Crippen LogP contribution in [0.15, 0.2) is 52.3 Å². The average molecular weight is 475 g/mol. The van der Waals surface area contributed by atoms with E-state index in [1.807, 2.05) is 24.3 Å². The van der Waals surface area contributed by atoms with E-state index < -0.39 is 15.6 Å². The van der Waals surface area contributed by atoms with E-state index in [4.69, 9.17) is 4.98 Å². The fourth-order valence-corrected chi connectivity index (χ4v) is 6.68. The van der Waals surface area contributed by atoms with Gasteiger partial charge in [0.1, 0.15) is 11.6 Å². The van der Waals surface area contributed by atoms with Gasteiger partial charge in [-0.15, -0.1) is 11.3 Å². The number of amides is 1. The fraction of sp³-hybridized carbons (Fsp3) is 0.409. The minimum absolute atomic E-state index is 0.0118. The van der Waals surface area contributed by atoms with Crippen molar-refractivity contribution in [3.8, 4) is 0 Å². The zero-order valence-electron chi connectivity index (χ0n) is 18.1. The molecule has 0 bridgehead atoms. The second-order valence-electron chi connectivity index (χ2n) is 7.69. The van der Waals surface area contributed by atoms with Gasteiger partial charge in [0, 0.05) is 31.9 Å². The molecular formula is C22H26N4O4S2. The van der Waals surface area contributed by atoms with Gasteiger partial charge in [0.25, 0.3) is 5.56 Å². The minimum atomic E-state index is -3.72. The van der Waals surface area contributed by atoms with Crippen molar-refractivity contribution in [2.24, 2.45) is 0 Å². The first-order chi connectivity index (χ1) is 15.3. The Morgan fingerprint density at radius 3 is 2.66 bits per heavy atom. The van der Waals surface area contributed by atoms with Gasteiger partial charge in [-0.05, 0) is 31.0 Å². The maximum atomic E-state index is 13.2. The van der Waals surface area contributed by atoms with Gasteiger partial charge in [-0.3, -0.25) is 9.59 Å². The van der Waals surface area contributed by atoms with Crippen molar-refractivity contribution in [1.29, 1.82) is 0 Å². The molecule has 0 unspecified atom stereocenters. The second kappa shape index (κ2) is 9.13. The summed E-state index contributed by atoms with van der Waals surface area (Å²) in [6, 6.07) is 10.3. The van der Waals surface area contributed by atoms with Crippen molar-refractivity contribution in [1.82, 2.24) is 18.8 Å². The molecule has 10 heteroatoms. The van der Waals surface area contributed by atoms with Crippen molar-refractivity contribution < 1.29 is 13.2 Å². The Labute approximate surface area is 191 Å². The third-order valence-corrected chi connectivity index (χ3v) is 8.94. The van der Waals surface area contributed by atoms with Gasteiger partial charge in [0.05, 0.1) is 21.2 Å². The number of aromatic nitrogens is 2. The third-order valence-electron chi connectivity index (χ3n) is 5.77. The number of pyridine rings is 1. The Morgan fingerprint density at radius 1 is 1.19 bits per heavy atom. The van der Waals surface area contributed by atoms with Crippen LogP contribution in [0.25, 0.3) is 10.2 Å². The van der Waals surface area contributed by atoms with Gasteiger partial charge in [0.2, 0.25) is 15.9 Å². The van der Waals surface area contributed by atoms with Crippen molar-refractivity contribution in [3.05, 3.63) is 58.0 Å². The predicted octanol–water partition coefficient (Wildman–Crippen LogP) is 2.85. The number of likely N-dealkylation sites (tertiary alicyclic amines) is 1. The molecule has 4 rings (SSSR count). The van der Waals surface area contributed by atoms with Gasteiger partial charge in [0.15, 0.2) is 0 Å². The van der Waals surface area contributed by atoms with Gasteiger partial charge in [-0.1, -0.05) is 26.0 Å². The molecule has 1 fully saturated rings. The minimum Gasteiger partial charge on any atom is -0.332 e.